The smallest absolute Gasteiger partial charge is 0.263 e. The number of hydrogen-bond acceptors (Lipinski definition) is 6. The van der Waals surface area contributed by atoms with Gasteiger partial charge >= 0.3 is 0 Å². The van der Waals surface area contributed by atoms with Gasteiger partial charge in [-0.25, -0.2) is 9.97 Å². The van der Waals surface area contributed by atoms with E-state index in [9.17, 15) is 4.79 Å². The molecular formula is C18H19N5OS. The summed E-state index contributed by atoms with van der Waals surface area (Å²) in [7, 11) is 3.81. The minimum Gasteiger partial charge on any atom is -0.361 e. The van der Waals surface area contributed by atoms with Crippen molar-refractivity contribution >= 4 is 23.1 Å². The van der Waals surface area contributed by atoms with Crippen LogP contribution >= 0.6 is 11.3 Å². The van der Waals surface area contributed by atoms with Crippen LogP contribution in [0.3, 0.4) is 0 Å². The van der Waals surface area contributed by atoms with Crippen LogP contribution in [0.2, 0.25) is 0 Å². The Labute approximate surface area is 150 Å². The van der Waals surface area contributed by atoms with Gasteiger partial charge in [0.15, 0.2) is 0 Å². The third-order valence-electron chi connectivity index (χ3n) is 3.60. The fourth-order valence-electron chi connectivity index (χ4n) is 2.25. The van der Waals surface area contributed by atoms with Gasteiger partial charge in [-0.3, -0.25) is 9.78 Å². The predicted molar refractivity (Wildman–Crippen MR) is 99.8 cm³/mol. The molecule has 6 nitrogen and oxygen atoms in total. The molecule has 3 rings (SSSR count). The summed E-state index contributed by atoms with van der Waals surface area (Å²) in [4.78, 5) is 28.2. The van der Waals surface area contributed by atoms with E-state index < -0.39 is 0 Å². The van der Waals surface area contributed by atoms with Gasteiger partial charge in [0.25, 0.3) is 5.91 Å². The van der Waals surface area contributed by atoms with Gasteiger partial charge in [-0.15, -0.1) is 11.3 Å². The number of aryl methyl sites for hydroxylation is 1. The molecule has 0 saturated carbocycles. The summed E-state index contributed by atoms with van der Waals surface area (Å²) < 4.78 is 0. The van der Waals surface area contributed by atoms with E-state index in [1.165, 1.54) is 11.3 Å². The van der Waals surface area contributed by atoms with Crippen LogP contribution in [0.15, 0.2) is 42.7 Å². The molecule has 0 atom stereocenters. The Morgan fingerprint density at radius 2 is 1.92 bits per heavy atom. The lowest BCUT2D eigenvalue weighted by Gasteiger charge is -2.10. The molecular weight excluding hydrogens is 334 g/mol. The maximum absolute atomic E-state index is 12.5. The van der Waals surface area contributed by atoms with E-state index in [-0.39, 0.29) is 5.91 Å². The van der Waals surface area contributed by atoms with E-state index in [0.717, 1.165) is 11.4 Å². The molecule has 1 amide bonds. The van der Waals surface area contributed by atoms with Gasteiger partial charge in [0.1, 0.15) is 21.4 Å². The average Bonchev–Trinajstić information content (AvgIpc) is 3.02. The molecule has 128 valence electrons. The molecule has 1 aromatic carbocycles. The summed E-state index contributed by atoms with van der Waals surface area (Å²) in [5, 5.41) is 3.63. The number of rotatable bonds is 5. The molecule has 0 fully saturated rings. The Hall–Kier alpha value is -2.80. The van der Waals surface area contributed by atoms with Gasteiger partial charge < -0.3 is 10.2 Å². The van der Waals surface area contributed by atoms with Gasteiger partial charge in [0, 0.05) is 20.6 Å². The van der Waals surface area contributed by atoms with E-state index in [0.29, 0.717) is 27.8 Å². The van der Waals surface area contributed by atoms with Crippen LogP contribution in [-0.4, -0.2) is 35.0 Å². The van der Waals surface area contributed by atoms with E-state index in [1.807, 2.05) is 56.3 Å². The largest absolute Gasteiger partial charge is 0.361 e. The number of aromatic nitrogens is 3. The van der Waals surface area contributed by atoms with E-state index in [4.69, 9.17) is 0 Å². The second kappa shape index (κ2) is 7.40. The highest BCUT2D eigenvalue weighted by atomic mass is 32.1. The first-order valence-corrected chi connectivity index (χ1v) is 8.65. The molecule has 2 heterocycles. The van der Waals surface area contributed by atoms with Crippen molar-refractivity contribution in [2.24, 2.45) is 0 Å². The molecule has 7 heteroatoms. The lowest BCUT2D eigenvalue weighted by atomic mass is 10.2. The monoisotopic (exact) mass is 353 g/mol. The zero-order valence-electron chi connectivity index (χ0n) is 14.4. The highest BCUT2D eigenvalue weighted by molar-refractivity contribution is 7.17. The minimum atomic E-state index is -0.123. The van der Waals surface area contributed by atoms with Gasteiger partial charge in [0.2, 0.25) is 0 Å². The van der Waals surface area contributed by atoms with Crippen LogP contribution in [0.1, 0.15) is 20.9 Å². The molecule has 3 aromatic rings. The van der Waals surface area contributed by atoms with Crippen LogP contribution in [0.4, 0.5) is 5.82 Å². The Bertz CT molecular complexity index is 876. The molecule has 0 saturated heterocycles. The number of carbonyl (C=O) groups excluding carboxylic acids is 1. The number of benzene rings is 1. The summed E-state index contributed by atoms with van der Waals surface area (Å²) in [5.74, 6) is 0.627. The first kappa shape index (κ1) is 17.0. The maximum Gasteiger partial charge on any atom is 0.263 e. The van der Waals surface area contributed by atoms with Crippen LogP contribution < -0.4 is 10.2 Å². The second-order valence-corrected chi connectivity index (χ2v) is 6.76. The first-order chi connectivity index (χ1) is 12.0. The number of nitrogens with zero attached hydrogens (tertiary/aromatic N) is 4. The summed E-state index contributed by atoms with van der Waals surface area (Å²) in [6.45, 7) is 2.32. The SMILES string of the molecule is Cc1nc(-c2cncc(N(C)C)n2)sc1C(=O)NCc1ccccc1. The van der Waals surface area contributed by atoms with E-state index >= 15 is 0 Å². The van der Waals surface area contributed by atoms with Gasteiger partial charge in [-0.1, -0.05) is 30.3 Å². The number of nitrogens with one attached hydrogen (secondary N) is 1. The van der Waals surface area contributed by atoms with Crippen LogP contribution in [0.25, 0.3) is 10.7 Å². The Balaban J connectivity index is 1.78. The fraction of sp³-hybridized carbons (Fsp3) is 0.222. The van der Waals surface area contributed by atoms with Crippen LogP contribution in [-0.2, 0) is 6.54 Å². The minimum absolute atomic E-state index is 0.123. The molecule has 0 spiro atoms. The zero-order valence-corrected chi connectivity index (χ0v) is 15.2. The number of carbonyl (C=O) groups is 1. The van der Waals surface area contributed by atoms with Crippen molar-refractivity contribution < 1.29 is 4.79 Å². The Morgan fingerprint density at radius 1 is 1.16 bits per heavy atom. The lowest BCUT2D eigenvalue weighted by Crippen LogP contribution is -2.22. The topological polar surface area (TPSA) is 71.0 Å². The standard InChI is InChI=1S/C18H19N5OS/c1-12-16(17(24)20-9-13-7-5-4-6-8-13)25-18(21-12)14-10-19-11-15(22-14)23(2)3/h4-8,10-11H,9H2,1-3H3,(H,20,24). The van der Waals surface area contributed by atoms with Crippen LogP contribution in [0, 0.1) is 6.92 Å². The highest BCUT2D eigenvalue weighted by Crippen LogP contribution is 2.27. The van der Waals surface area contributed by atoms with Gasteiger partial charge in [-0.05, 0) is 12.5 Å². The molecule has 0 aliphatic carbocycles. The number of thiazole rings is 1. The van der Waals surface area contributed by atoms with Crippen molar-refractivity contribution in [3.63, 3.8) is 0 Å². The molecule has 0 aliphatic rings. The Morgan fingerprint density at radius 3 is 2.64 bits per heavy atom. The van der Waals surface area contributed by atoms with E-state index in [2.05, 4.69) is 20.3 Å². The van der Waals surface area contributed by atoms with Crippen molar-refractivity contribution in [3.8, 4) is 10.7 Å². The first-order valence-electron chi connectivity index (χ1n) is 7.84. The van der Waals surface area contributed by atoms with Gasteiger partial charge in [0.05, 0.1) is 18.1 Å². The van der Waals surface area contributed by atoms with E-state index in [1.54, 1.807) is 12.4 Å². The molecule has 25 heavy (non-hydrogen) atoms. The summed E-state index contributed by atoms with van der Waals surface area (Å²) in [5.41, 5.74) is 2.42. The molecule has 0 aliphatic heterocycles. The third kappa shape index (κ3) is 4.00. The third-order valence-corrected chi connectivity index (χ3v) is 4.78. The highest BCUT2D eigenvalue weighted by Gasteiger charge is 2.17. The number of amides is 1. The Kier molecular flexibility index (Phi) is 5.04. The summed E-state index contributed by atoms with van der Waals surface area (Å²) in [6.07, 6.45) is 3.36. The average molecular weight is 353 g/mol. The zero-order chi connectivity index (χ0) is 17.8. The summed E-state index contributed by atoms with van der Waals surface area (Å²) >= 11 is 1.33. The van der Waals surface area contributed by atoms with Crippen molar-refractivity contribution in [2.45, 2.75) is 13.5 Å². The fourth-order valence-corrected chi connectivity index (χ4v) is 3.19. The molecule has 0 bridgehead atoms. The van der Waals surface area contributed by atoms with Crippen molar-refractivity contribution in [1.29, 1.82) is 0 Å². The lowest BCUT2D eigenvalue weighted by molar-refractivity contribution is 0.0954. The second-order valence-electron chi connectivity index (χ2n) is 5.76. The number of anilines is 1. The van der Waals surface area contributed by atoms with Crippen molar-refractivity contribution in [3.05, 3.63) is 58.9 Å². The number of hydrogen-bond donors (Lipinski definition) is 1. The molecule has 0 radical (unpaired) electrons. The molecule has 2 aromatic heterocycles. The van der Waals surface area contributed by atoms with Crippen molar-refractivity contribution in [2.75, 3.05) is 19.0 Å². The normalized spacial score (nSPS) is 10.5. The molecule has 1 N–H and O–H groups in total. The predicted octanol–water partition coefficient (Wildman–Crippen LogP) is 2.90. The van der Waals surface area contributed by atoms with Gasteiger partial charge in [-0.2, -0.15) is 0 Å². The van der Waals surface area contributed by atoms with Crippen molar-refractivity contribution in [1.82, 2.24) is 20.3 Å². The summed E-state index contributed by atoms with van der Waals surface area (Å²) in [6, 6.07) is 9.82. The van der Waals surface area contributed by atoms with Crippen LogP contribution in [0.5, 0.6) is 0 Å². The maximum atomic E-state index is 12.5. The molecule has 0 unspecified atom stereocenters. The quantitative estimate of drug-likeness (QED) is 0.764.